The van der Waals surface area contributed by atoms with Gasteiger partial charge in [-0.15, -0.1) is 0 Å². The van der Waals surface area contributed by atoms with Crippen LogP contribution in [0.4, 0.5) is 0 Å². The first-order valence-electron chi connectivity index (χ1n) is 6.06. The van der Waals surface area contributed by atoms with Crippen LogP contribution in [0, 0.1) is 5.92 Å². The molecule has 0 spiro atoms. The van der Waals surface area contributed by atoms with Crippen molar-refractivity contribution in [1.29, 1.82) is 0 Å². The molecule has 0 heterocycles. The van der Waals surface area contributed by atoms with Gasteiger partial charge in [-0.25, -0.2) is 0 Å². The number of aliphatic hydroxyl groups excluding tert-OH is 1. The maximum absolute atomic E-state index is 9.72. The van der Waals surface area contributed by atoms with Gasteiger partial charge in [-0.1, -0.05) is 27.2 Å². The standard InChI is InChI=1S/C12H26O2Si/c1-12(2,3)15(4,5)14-9-10-7-6-8-11(10)13/h10-11,13H,6-9H2,1-5H3/t10-,11+/m1/s1. The Morgan fingerprint density at radius 1 is 1.27 bits per heavy atom. The van der Waals surface area contributed by atoms with Crippen molar-refractivity contribution in [3.05, 3.63) is 0 Å². The lowest BCUT2D eigenvalue weighted by atomic mass is 10.1. The molecule has 2 nitrogen and oxygen atoms in total. The maximum atomic E-state index is 9.72. The molecule has 15 heavy (non-hydrogen) atoms. The summed E-state index contributed by atoms with van der Waals surface area (Å²) in [6.07, 6.45) is 3.14. The summed E-state index contributed by atoms with van der Waals surface area (Å²) in [6.45, 7) is 12.1. The molecule has 0 saturated heterocycles. The van der Waals surface area contributed by atoms with E-state index < -0.39 is 8.32 Å². The second kappa shape index (κ2) is 4.56. The van der Waals surface area contributed by atoms with Gasteiger partial charge in [0.2, 0.25) is 0 Å². The number of hydrogen-bond donors (Lipinski definition) is 1. The Morgan fingerprint density at radius 3 is 2.27 bits per heavy atom. The summed E-state index contributed by atoms with van der Waals surface area (Å²) in [6, 6.07) is 0. The fourth-order valence-electron chi connectivity index (χ4n) is 1.74. The van der Waals surface area contributed by atoms with Gasteiger partial charge in [-0.2, -0.15) is 0 Å². The van der Waals surface area contributed by atoms with E-state index in [2.05, 4.69) is 33.9 Å². The Hall–Kier alpha value is 0.137. The van der Waals surface area contributed by atoms with Gasteiger partial charge in [0, 0.05) is 12.5 Å². The van der Waals surface area contributed by atoms with Crippen LogP contribution in [0.5, 0.6) is 0 Å². The van der Waals surface area contributed by atoms with Crippen LogP contribution >= 0.6 is 0 Å². The summed E-state index contributed by atoms with van der Waals surface area (Å²) in [5, 5.41) is 10.00. The summed E-state index contributed by atoms with van der Waals surface area (Å²) in [5.74, 6) is 0.388. The third-order valence-electron chi connectivity index (χ3n) is 4.08. The van der Waals surface area contributed by atoms with Crippen LogP contribution in [-0.2, 0) is 4.43 Å². The van der Waals surface area contributed by atoms with Gasteiger partial charge in [0.25, 0.3) is 0 Å². The molecule has 0 aromatic carbocycles. The van der Waals surface area contributed by atoms with Crippen LogP contribution in [0.25, 0.3) is 0 Å². The zero-order valence-electron chi connectivity index (χ0n) is 10.8. The fourth-order valence-corrected chi connectivity index (χ4v) is 2.81. The van der Waals surface area contributed by atoms with Crippen molar-refractivity contribution in [2.45, 2.75) is 64.3 Å². The van der Waals surface area contributed by atoms with Crippen molar-refractivity contribution in [3.63, 3.8) is 0 Å². The number of rotatable bonds is 3. The first-order valence-corrected chi connectivity index (χ1v) is 8.97. The average molecular weight is 230 g/mol. The number of hydrogen-bond acceptors (Lipinski definition) is 2. The van der Waals surface area contributed by atoms with Crippen LogP contribution in [0.2, 0.25) is 18.1 Å². The van der Waals surface area contributed by atoms with Crippen LogP contribution in [0.15, 0.2) is 0 Å². The normalized spacial score (nSPS) is 28.4. The molecule has 1 rings (SSSR count). The van der Waals surface area contributed by atoms with E-state index in [0.717, 1.165) is 25.9 Å². The van der Waals surface area contributed by atoms with E-state index in [0.29, 0.717) is 5.92 Å². The molecule has 0 unspecified atom stereocenters. The Kier molecular flexibility index (Phi) is 4.01. The van der Waals surface area contributed by atoms with Gasteiger partial charge in [0.1, 0.15) is 0 Å². The topological polar surface area (TPSA) is 29.5 Å². The Morgan fingerprint density at radius 2 is 1.87 bits per heavy atom. The summed E-state index contributed by atoms with van der Waals surface area (Å²) in [7, 11) is -1.61. The van der Waals surface area contributed by atoms with E-state index in [1.807, 2.05) is 0 Å². The maximum Gasteiger partial charge on any atom is 0.191 e. The summed E-state index contributed by atoms with van der Waals surface area (Å²) in [5.41, 5.74) is 0. The predicted molar refractivity (Wildman–Crippen MR) is 66.5 cm³/mol. The third-order valence-corrected chi connectivity index (χ3v) is 8.58. The first-order chi connectivity index (χ1) is 6.74. The molecular weight excluding hydrogens is 204 g/mol. The molecule has 2 atom stereocenters. The molecule has 0 aromatic heterocycles. The van der Waals surface area contributed by atoms with Crippen molar-refractivity contribution >= 4 is 8.32 Å². The smallest absolute Gasteiger partial charge is 0.191 e. The highest BCUT2D eigenvalue weighted by Crippen LogP contribution is 2.37. The molecule has 1 aliphatic carbocycles. The van der Waals surface area contributed by atoms with Gasteiger partial charge in [-0.05, 0) is 31.0 Å². The highest BCUT2D eigenvalue weighted by atomic mass is 28.4. The molecule has 1 saturated carbocycles. The van der Waals surface area contributed by atoms with Crippen molar-refractivity contribution in [1.82, 2.24) is 0 Å². The predicted octanol–water partition coefficient (Wildman–Crippen LogP) is 3.17. The molecule has 1 fully saturated rings. The van der Waals surface area contributed by atoms with E-state index in [4.69, 9.17) is 4.43 Å². The molecule has 0 aromatic rings. The van der Waals surface area contributed by atoms with Crippen LogP contribution in [-0.4, -0.2) is 26.1 Å². The monoisotopic (exact) mass is 230 g/mol. The first kappa shape index (κ1) is 13.2. The van der Waals surface area contributed by atoms with Gasteiger partial charge < -0.3 is 9.53 Å². The van der Waals surface area contributed by atoms with E-state index >= 15 is 0 Å². The lowest BCUT2D eigenvalue weighted by Crippen LogP contribution is -2.42. The largest absolute Gasteiger partial charge is 0.416 e. The Bertz CT molecular complexity index is 208. The number of aliphatic hydroxyl groups is 1. The van der Waals surface area contributed by atoms with Gasteiger partial charge in [0.15, 0.2) is 8.32 Å². The summed E-state index contributed by atoms with van der Waals surface area (Å²) in [4.78, 5) is 0. The van der Waals surface area contributed by atoms with Gasteiger partial charge >= 0.3 is 0 Å². The highest BCUT2D eigenvalue weighted by molar-refractivity contribution is 6.74. The van der Waals surface area contributed by atoms with Gasteiger partial charge in [0.05, 0.1) is 6.10 Å². The molecule has 3 heteroatoms. The van der Waals surface area contributed by atoms with Crippen molar-refractivity contribution in [2.24, 2.45) is 5.92 Å². The summed E-state index contributed by atoms with van der Waals surface area (Å²) >= 11 is 0. The summed E-state index contributed by atoms with van der Waals surface area (Å²) < 4.78 is 6.13. The van der Waals surface area contributed by atoms with E-state index in [1.165, 1.54) is 0 Å². The molecule has 1 N–H and O–H groups in total. The highest BCUT2D eigenvalue weighted by Gasteiger charge is 2.38. The van der Waals surface area contributed by atoms with E-state index in [1.54, 1.807) is 0 Å². The Labute approximate surface area is 95.2 Å². The molecule has 0 radical (unpaired) electrons. The zero-order chi connectivity index (χ0) is 11.7. The minimum atomic E-state index is -1.61. The molecule has 0 aliphatic heterocycles. The van der Waals surface area contributed by atoms with Crippen LogP contribution < -0.4 is 0 Å². The van der Waals surface area contributed by atoms with E-state index in [-0.39, 0.29) is 11.1 Å². The van der Waals surface area contributed by atoms with Crippen molar-refractivity contribution in [2.75, 3.05) is 6.61 Å². The lowest BCUT2D eigenvalue weighted by Gasteiger charge is -2.37. The van der Waals surface area contributed by atoms with Crippen LogP contribution in [0.1, 0.15) is 40.0 Å². The molecule has 90 valence electrons. The second-order valence-electron chi connectivity index (χ2n) is 6.33. The third kappa shape index (κ3) is 3.30. The fraction of sp³-hybridized carbons (Fsp3) is 1.00. The molecule has 0 amide bonds. The zero-order valence-corrected chi connectivity index (χ0v) is 11.8. The van der Waals surface area contributed by atoms with Crippen LogP contribution in [0.3, 0.4) is 0 Å². The quantitative estimate of drug-likeness (QED) is 0.755. The minimum Gasteiger partial charge on any atom is -0.416 e. The minimum absolute atomic E-state index is 0.116. The van der Waals surface area contributed by atoms with Crippen molar-refractivity contribution in [3.8, 4) is 0 Å². The van der Waals surface area contributed by atoms with Gasteiger partial charge in [-0.3, -0.25) is 0 Å². The molecule has 1 aliphatic rings. The Balaban J connectivity index is 2.42. The SMILES string of the molecule is CC(C)(C)[Si](C)(C)OC[C@H]1CCC[C@@H]1O. The van der Waals surface area contributed by atoms with Crippen molar-refractivity contribution < 1.29 is 9.53 Å². The molecular formula is C12H26O2Si. The average Bonchev–Trinajstić information content (AvgIpc) is 2.46. The second-order valence-corrected chi connectivity index (χ2v) is 11.1. The lowest BCUT2D eigenvalue weighted by molar-refractivity contribution is 0.0939. The molecule has 0 bridgehead atoms. The van der Waals surface area contributed by atoms with E-state index in [9.17, 15) is 5.11 Å².